The molecule has 1 heterocycles. The number of ether oxygens (including phenoxy) is 1. The predicted octanol–water partition coefficient (Wildman–Crippen LogP) is 5.09. The zero-order chi connectivity index (χ0) is 20.1. The molecule has 0 spiro atoms. The van der Waals surface area contributed by atoms with Gasteiger partial charge in [0.05, 0.1) is 18.7 Å². The van der Waals surface area contributed by atoms with Gasteiger partial charge in [0, 0.05) is 6.42 Å². The minimum Gasteiger partial charge on any atom is -0.464 e. The summed E-state index contributed by atoms with van der Waals surface area (Å²) in [6.07, 6.45) is -0.0611. The Morgan fingerprint density at radius 2 is 1.45 bits per heavy atom. The van der Waals surface area contributed by atoms with Gasteiger partial charge in [0.25, 0.3) is 0 Å². The van der Waals surface area contributed by atoms with Crippen LogP contribution in [0.15, 0.2) is 91.0 Å². The monoisotopic (exact) mass is 387 g/mol. The fraction of sp³-hybridized carbons (Fsp3) is 0.240. The first-order valence-electron chi connectivity index (χ1n) is 10.0. The van der Waals surface area contributed by atoms with Crippen molar-refractivity contribution in [3.05, 3.63) is 108 Å². The summed E-state index contributed by atoms with van der Waals surface area (Å²) < 4.78 is 5.26. The van der Waals surface area contributed by atoms with Gasteiger partial charge in [0.2, 0.25) is 0 Å². The topological polar surface area (TPSA) is 38.8 Å². The van der Waals surface area contributed by atoms with Crippen molar-refractivity contribution in [2.24, 2.45) is 0 Å². The van der Waals surface area contributed by atoms with Crippen LogP contribution in [-0.2, 0) is 14.4 Å². The van der Waals surface area contributed by atoms with E-state index < -0.39 is 6.10 Å². The van der Waals surface area contributed by atoms with Crippen LogP contribution >= 0.6 is 0 Å². The highest BCUT2D eigenvalue weighted by Crippen LogP contribution is 2.43. The van der Waals surface area contributed by atoms with Crippen molar-refractivity contribution in [3.63, 3.8) is 0 Å². The summed E-state index contributed by atoms with van der Waals surface area (Å²) >= 11 is 0. The number of hydroxylamine groups is 2. The van der Waals surface area contributed by atoms with Crippen LogP contribution in [0.1, 0.15) is 42.1 Å². The second-order valence-electron chi connectivity index (χ2n) is 7.09. The van der Waals surface area contributed by atoms with Crippen molar-refractivity contribution in [1.82, 2.24) is 5.06 Å². The maximum absolute atomic E-state index is 12.5. The molecule has 1 aliphatic rings. The molecule has 2 unspecified atom stereocenters. The van der Waals surface area contributed by atoms with E-state index in [1.54, 1.807) is 0 Å². The SMILES string of the molecule is CCOC(=O)C1CC(c2ccccc2)N(C(c2ccccc2)c2ccccc2)O1. The van der Waals surface area contributed by atoms with Crippen molar-refractivity contribution in [2.75, 3.05) is 6.61 Å². The Hall–Kier alpha value is -2.95. The van der Waals surface area contributed by atoms with Gasteiger partial charge >= 0.3 is 5.97 Å². The number of benzene rings is 3. The Balaban J connectivity index is 1.76. The molecular weight excluding hydrogens is 362 g/mol. The van der Waals surface area contributed by atoms with E-state index in [2.05, 4.69) is 36.4 Å². The smallest absolute Gasteiger partial charge is 0.337 e. The lowest BCUT2D eigenvalue weighted by Crippen LogP contribution is -2.30. The third kappa shape index (κ3) is 4.24. The molecule has 0 bridgehead atoms. The summed E-state index contributed by atoms with van der Waals surface area (Å²) in [4.78, 5) is 18.8. The highest BCUT2D eigenvalue weighted by atomic mass is 16.7. The molecule has 4 rings (SSSR count). The third-order valence-corrected chi connectivity index (χ3v) is 5.21. The largest absolute Gasteiger partial charge is 0.464 e. The van der Waals surface area contributed by atoms with Gasteiger partial charge in [-0.2, -0.15) is 5.06 Å². The number of carbonyl (C=O) groups is 1. The highest BCUT2D eigenvalue weighted by Gasteiger charge is 2.43. The summed E-state index contributed by atoms with van der Waals surface area (Å²) in [5.74, 6) is -0.309. The van der Waals surface area contributed by atoms with Gasteiger partial charge in [-0.25, -0.2) is 4.79 Å². The molecule has 3 aromatic carbocycles. The molecule has 3 aromatic rings. The molecule has 4 heteroatoms. The van der Waals surface area contributed by atoms with E-state index in [-0.39, 0.29) is 18.1 Å². The molecule has 1 fully saturated rings. The van der Waals surface area contributed by atoms with Gasteiger partial charge in [-0.15, -0.1) is 0 Å². The molecule has 0 amide bonds. The predicted molar refractivity (Wildman–Crippen MR) is 112 cm³/mol. The molecule has 1 saturated heterocycles. The van der Waals surface area contributed by atoms with Crippen molar-refractivity contribution in [3.8, 4) is 0 Å². The maximum Gasteiger partial charge on any atom is 0.337 e. The van der Waals surface area contributed by atoms with Crippen LogP contribution < -0.4 is 0 Å². The van der Waals surface area contributed by atoms with Gasteiger partial charge in [-0.05, 0) is 23.6 Å². The summed E-state index contributed by atoms with van der Waals surface area (Å²) in [6, 6.07) is 30.5. The van der Waals surface area contributed by atoms with Crippen molar-refractivity contribution in [2.45, 2.75) is 31.5 Å². The van der Waals surface area contributed by atoms with E-state index >= 15 is 0 Å². The first kappa shape index (κ1) is 19.4. The van der Waals surface area contributed by atoms with Crippen molar-refractivity contribution >= 4 is 5.97 Å². The molecule has 2 atom stereocenters. The Bertz CT molecular complexity index is 875. The van der Waals surface area contributed by atoms with Gasteiger partial charge in [0.1, 0.15) is 0 Å². The molecular formula is C25H25NO3. The second kappa shape index (κ2) is 9.03. The van der Waals surface area contributed by atoms with Gasteiger partial charge in [-0.3, -0.25) is 4.84 Å². The molecule has 29 heavy (non-hydrogen) atoms. The summed E-state index contributed by atoms with van der Waals surface area (Å²) in [5.41, 5.74) is 3.35. The molecule has 4 nitrogen and oxygen atoms in total. The van der Waals surface area contributed by atoms with Crippen LogP contribution in [-0.4, -0.2) is 23.7 Å². The van der Waals surface area contributed by atoms with E-state index in [4.69, 9.17) is 9.57 Å². The Kier molecular flexibility index (Phi) is 6.03. The highest BCUT2D eigenvalue weighted by molar-refractivity contribution is 5.75. The van der Waals surface area contributed by atoms with Crippen molar-refractivity contribution < 1.29 is 14.4 Å². The first-order chi connectivity index (χ1) is 14.3. The van der Waals surface area contributed by atoms with E-state index in [0.717, 1.165) is 16.7 Å². The number of esters is 1. The van der Waals surface area contributed by atoms with E-state index in [1.165, 1.54) is 0 Å². The molecule has 1 aliphatic heterocycles. The average molecular weight is 387 g/mol. The summed E-state index contributed by atoms with van der Waals surface area (Å²) in [7, 11) is 0. The molecule has 0 aliphatic carbocycles. The number of hydrogen-bond donors (Lipinski definition) is 0. The number of hydrogen-bond acceptors (Lipinski definition) is 4. The minimum absolute atomic E-state index is 0.0592. The van der Waals surface area contributed by atoms with Crippen molar-refractivity contribution in [1.29, 1.82) is 0 Å². The van der Waals surface area contributed by atoms with Crippen LogP contribution in [0.5, 0.6) is 0 Å². The Morgan fingerprint density at radius 1 is 0.931 bits per heavy atom. The molecule has 0 radical (unpaired) electrons. The second-order valence-corrected chi connectivity index (χ2v) is 7.09. The van der Waals surface area contributed by atoms with Crippen LogP contribution in [0.4, 0.5) is 0 Å². The molecule has 0 aromatic heterocycles. The number of rotatable bonds is 6. The summed E-state index contributed by atoms with van der Waals surface area (Å²) in [5, 5.41) is 1.97. The van der Waals surface area contributed by atoms with Crippen LogP contribution in [0.3, 0.4) is 0 Å². The first-order valence-corrected chi connectivity index (χ1v) is 10.0. The number of carbonyl (C=O) groups excluding carboxylic acids is 1. The van der Waals surface area contributed by atoms with Crippen LogP contribution in [0, 0.1) is 0 Å². The fourth-order valence-corrected chi connectivity index (χ4v) is 3.90. The van der Waals surface area contributed by atoms with E-state index in [1.807, 2.05) is 66.6 Å². The number of nitrogens with zero attached hydrogens (tertiary/aromatic N) is 1. The standard InChI is InChI=1S/C25H25NO3/c1-2-28-25(27)23-18-22(19-12-6-3-7-13-19)26(29-23)24(20-14-8-4-9-15-20)21-16-10-5-11-17-21/h3-17,22-24H,2,18H2,1H3. The normalized spacial score (nSPS) is 19.4. The van der Waals surface area contributed by atoms with Crippen LogP contribution in [0.25, 0.3) is 0 Å². The molecule has 148 valence electrons. The third-order valence-electron chi connectivity index (χ3n) is 5.21. The van der Waals surface area contributed by atoms with Gasteiger partial charge in [-0.1, -0.05) is 91.0 Å². The van der Waals surface area contributed by atoms with E-state index in [0.29, 0.717) is 13.0 Å². The molecule has 0 N–H and O–H groups in total. The lowest BCUT2D eigenvalue weighted by atomic mass is 9.94. The Morgan fingerprint density at radius 3 is 1.97 bits per heavy atom. The minimum atomic E-state index is -0.616. The van der Waals surface area contributed by atoms with Gasteiger partial charge < -0.3 is 4.74 Å². The molecule has 0 saturated carbocycles. The zero-order valence-electron chi connectivity index (χ0n) is 16.5. The van der Waals surface area contributed by atoms with Crippen LogP contribution in [0.2, 0.25) is 0 Å². The van der Waals surface area contributed by atoms with Gasteiger partial charge in [0.15, 0.2) is 6.10 Å². The maximum atomic E-state index is 12.5. The zero-order valence-corrected chi connectivity index (χ0v) is 16.5. The Labute approximate surface area is 171 Å². The van der Waals surface area contributed by atoms with E-state index in [9.17, 15) is 4.79 Å². The summed E-state index contributed by atoms with van der Waals surface area (Å²) in [6.45, 7) is 2.16. The fourth-order valence-electron chi connectivity index (χ4n) is 3.90. The quantitative estimate of drug-likeness (QED) is 0.553. The average Bonchev–Trinajstić information content (AvgIpc) is 3.21. The lowest BCUT2D eigenvalue weighted by molar-refractivity contribution is -0.201. The lowest BCUT2D eigenvalue weighted by Gasteiger charge is -2.32.